The van der Waals surface area contributed by atoms with Gasteiger partial charge in [-0.2, -0.15) is 0 Å². The maximum atomic E-state index is 13.7. The predicted molar refractivity (Wildman–Crippen MR) is 95.5 cm³/mol. The molecule has 24 heavy (non-hydrogen) atoms. The van der Waals surface area contributed by atoms with Gasteiger partial charge in [-0.25, -0.2) is 9.18 Å². The average Bonchev–Trinajstić information content (AvgIpc) is 2.55. The summed E-state index contributed by atoms with van der Waals surface area (Å²) in [4.78, 5) is 13.8. The summed E-state index contributed by atoms with van der Waals surface area (Å²) in [5.41, 5.74) is 1.71. The molecule has 0 aliphatic heterocycles. The van der Waals surface area contributed by atoms with Crippen molar-refractivity contribution in [2.75, 3.05) is 14.2 Å². The summed E-state index contributed by atoms with van der Waals surface area (Å²) in [6, 6.07) is 12.1. The summed E-state index contributed by atoms with van der Waals surface area (Å²) in [6.07, 6.45) is 0. The Balaban J connectivity index is 1.96. The topological polar surface area (TPSA) is 41.6 Å². The van der Waals surface area contributed by atoms with Crippen molar-refractivity contribution in [1.29, 1.82) is 0 Å². The van der Waals surface area contributed by atoms with Crippen molar-refractivity contribution in [3.05, 3.63) is 63.9 Å². The molecule has 6 heteroatoms. The van der Waals surface area contributed by atoms with Crippen LogP contribution in [0.2, 0.25) is 0 Å². The molecule has 1 atom stereocenters. The van der Waals surface area contributed by atoms with E-state index in [1.165, 1.54) is 18.1 Å². The Morgan fingerprint density at radius 2 is 1.96 bits per heavy atom. The number of hydrogen-bond donors (Lipinski definition) is 1. The fourth-order valence-corrected chi connectivity index (χ4v) is 2.55. The third kappa shape index (κ3) is 4.71. The zero-order valence-electron chi connectivity index (χ0n) is 13.8. The summed E-state index contributed by atoms with van der Waals surface area (Å²) in [7, 11) is 3.09. The van der Waals surface area contributed by atoms with Crippen molar-refractivity contribution >= 4 is 22.0 Å². The van der Waals surface area contributed by atoms with Crippen LogP contribution in [0.5, 0.6) is 5.75 Å². The van der Waals surface area contributed by atoms with Crippen molar-refractivity contribution in [3.63, 3.8) is 0 Å². The quantitative estimate of drug-likeness (QED) is 0.810. The minimum atomic E-state index is -0.438. The molecule has 0 aliphatic rings. The third-order valence-corrected chi connectivity index (χ3v) is 4.22. The molecule has 0 heterocycles. The highest BCUT2D eigenvalue weighted by Crippen LogP contribution is 2.19. The van der Waals surface area contributed by atoms with Crippen molar-refractivity contribution in [1.82, 2.24) is 10.2 Å². The van der Waals surface area contributed by atoms with E-state index in [1.54, 1.807) is 19.2 Å². The largest absolute Gasteiger partial charge is 0.494 e. The number of rotatable bonds is 5. The van der Waals surface area contributed by atoms with Crippen molar-refractivity contribution in [2.45, 2.75) is 19.5 Å². The Morgan fingerprint density at radius 1 is 1.29 bits per heavy atom. The van der Waals surface area contributed by atoms with Gasteiger partial charge in [0, 0.05) is 18.1 Å². The first kappa shape index (κ1) is 18.3. The van der Waals surface area contributed by atoms with Crippen LogP contribution in [0, 0.1) is 5.82 Å². The maximum absolute atomic E-state index is 13.7. The van der Waals surface area contributed by atoms with Crippen LogP contribution in [-0.2, 0) is 6.54 Å². The number of halogens is 2. The molecule has 2 aromatic carbocycles. The third-order valence-electron chi connectivity index (χ3n) is 3.69. The number of urea groups is 1. The SMILES string of the molecule is COc1ccc(CN(C)C(=O)NC(C)c2ccc(Br)cc2)cc1F. The number of amides is 2. The number of nitrogens with one attached hydrogen (secondary N) is 1. The molecular formula is C18H20BrFN2O2. The molecular weight excluding hydrogens is 375 g/mol. The van der Waals surface area contributed by atoms with Crippen LogP contribution in [0.15, 0.2) is 46.9 Å². The van der Waals surface area contributed by atoms with Crippen LogP contribution >= 0.6 is 15.9 Å². The molecule has 0 aliphatic carbocycles. The van der Waals surface area contributed by atoms with Crippen LogP contribution in [-0.4, -0.2) is 25.1 Å². The zero-order valence-corrected chi connectivity index (χ0v) is 15.4. The second-order valence-electron chi connectivity index (χ2n) is 5.55. The number of hydrogen-bond acceptors (Lipinski definition) is 2. The Bertz CT molecular complexity index is 707. The molecule has 0 bridgehead atoms. The highest BCUT2D eigenvalue weighted by molar-refractivity contribution is 9.10. The second kappa shape index (κ2) is 8.15. The van der Waals surface area contributed by atoms with Crippen LogP contribution in [0.25, 0.3) is 0 Å². The summed E-state index contributed by atoms with van der Waals surface area (Å²) < 4.78 is 19.6. The van der Waals surface area contributed by atoms with E-state index in [1.807, 2.05) is 31.2 Å². The van der Waals surface area contributed by atoms with Gasteiger partial charge in [-0.1, -0.05) is 34.1 Å². The fraction of sp³-hybridized carbons (Fsp3) is 0.278. The number of carbonyl (C=O) groups excluding carboxylic acids is 1. The Labute approximate surface area is 149 Å². The van der Waals surface area contributed by atoms with Gasteiger partial charge in [0.05, 0.1) is 13.2 Å². The lowest BCUT2D eigenvalue weighted by atomic mass is 10.1. The normalized spacial score (nSPS) is 11.7. The van der Waals surface area contributed by atoms with Gasteiger partial charge >= 0.3 is 6.03 Å². The van der Waals surface area contributed by atoms with E-state index in [0.29, 0.717) is 12.1 Å². The number of carbonyl (C=O) groups is 1. The van der Waals surface area contributed by atoms with Gasteiger partial charge in [0.1, 0.15) is 0 Å². The summed E-state index contributed by atoms with van der Waals surface area (Å²) in [5.74, 6) is -0.248. The molecule has 128 valence electrons. The smallest absolute Gasteiger partial charge is 0.317 e. The van der Waals surface area contributed by atoms with Crippen molar-refractivity contribution < 1.29 is 13.9 Å². The summed E-state index contributed by atoms with van der Waals surface area (Å²) >= 11 is 3.39. The lowest BCUT2D eigenvalue weighted by molar-refractivity contribution is 0.203. The van der Waals surface area contributed by atoms with Gasteiger partial charge in [0.2, 0.25) is 0 Å². The van der Waals surface area contributed by atoms with E-state index >= 15 is 0 Å². The summed E-state index contributed by atoms with van der Waals surface area (Å²) in [6.45, 7) is 2.22. The minimum Gasteiger partial charge on any atom is -0.494 e. The zero-order chi connectivity index (χ0) is 17.7. The maximum Gasteiger partial charge on any atom is 0.317 e. The van der Waals surface area contributed by atoms with Crippen LogP contribution < -0.4 is 10.1 Å². The van der Waals surface area contributed by atoms with E-state index in [2.05, 4.69) is 21.2 Å². The summed E-state index contributed by atoms with van der Waals surface area (Å²) in [5, 5.41) is 2.93. The number of benzene rings is 2. The first-order chi connectivity index (χ1) is 11.4. The minimum absolute atomic E-state index is 0.124. The average molecular weight is 395 g/mol. The van der Waals surface area contributed by atoms with Gasteiger partial charge in [-0.3, -0.25) is 0 Å². The second-order valence-corrected chi connectivity index (χ2v) is 6.46. The molecule has 1 N–H and O–H groups in total. The Morgan fingerprint density at radius 3 is 2.54 bits per heavy atom. The molecule has 0 saturated heterocycles. The molecule has 2 aromatic rings. The van der Waals surface area contributed by atoms with Crippen LogP contribution in [0.4, 0.5) is 9.18 Å². The van der Waals surface area contributed by atoms with Crippen LogP contribution in [0.3, 0.4) is 0 Å². The highest BCUT2D eigenvalue weighted by atomic mass is 79.9. The van der Waals surface area contributed by atoms with Gasteiger partial charge in [0.25, 0.3) is 0 Å². The molecule has 2 amide bonds. The van der Waals surface area contributed by atoms with Gasteiger partial charge in [0.15, 0.2) is 11.6 Å². The highest BCUT2D eigenvalue weighted by Gasteiger charge is 2.14. The van der Waals surface area contributed by atoms with Crippen molar-refractivity contribution in [3.8, 4) is 5.75 Å². The van der Waals surface area contributed by atoms with E-state index in [9.17, 15) is 9.18 Å². The van der Waals surface area contributed by atoms with Crippen molar-refractivity contribution in [2.24, 2.45) is 0 Å². The molecule has 0 fully saturated rings. The molecule has 4 nitrogen and oxygen atoms in total. The molecule has 0 saturated carbocycles. The first-order valence-electron chi connectivity index (χ1n) is 7.50. The fourth-order valence-electron chi connectivity index (χ4n) is 2.28. The molecule has 1 unspecified atom stereocenters. The van der Waals surface area contributed by atoms with Gasteiger partial charge < -0.3 is 15.0 Å². The van der Waals surface area contributed by atoms with Crippen LogP contribution in [0.1, 0.15) is 24.1 Å². The van der Waals surface area contributed by atoms with E-state index in [4.69, 9.17) is 4.74 Å². The lowest BCUT2D eigenvalue weighted by Crippen LogP contribution is -2.38. The standard InChI is InChI=1S/C18H20BrFN2O2/c1-12(14-5-7-15(19)8-6-14)21-18(23)22(2)11-13-4-9-17(24-3)16(20)10-13/h4-10,12H,11H2,1-3H3,(H,21,23). The number of ether oxygens (including phenoxy) is 1. The van der Waals surface area contributed by atoms with Gasteiger partial charge in [-0.15, -0.1) is 0 Å². The molecule has 0 radical (unpaired) electrons. The molecule has 2 rings (SSSR count). The van der Waals surface area contributed by atoms with Gasteiger partial charge in [-0.05, 0) is 42.3 Å². The van der Waals surface area contributed by atoms with E-state index in [0.717, 1.165) is 10.0 Å². The van der Waals surface area contributed by atoms with E-state index in [-0.39, 0.29) is 17.8 Å². The van der Waals surface area contributed by atoms with E-state index < -0.39 is 5.82 Å². The Kier molecular flexibility index (Phi) is 6.20. The molecule has 0 spiro atoms. The number of nitrogens with zero attached hydrogens (tertiary/aromatic N) is 1. The first-order valence-corrected chi connectivity index (χ1v) is 8.29. The number of methoxy groups -OCH3 is 1. The predicted octanol–water partition coefficient (Wildman–Crippen LogP) is 4.50. The lowest BCUT2D eigenvalue weighted by Gasteiger charge is -2.22. The Hall–Kier alpha value is -2.08. The monoisotopic (exact) mass is 394 g/mol. The molecule has 0 aromatic heterocycles.